The molecule has 194 valence electrons. The van der Waals surface area contributed by atoms with E-state index in [-0.39, 0.29) is 0 Å². The van der Waals surface area contributed by atoms with Crippen LogP contribution in [0.2, 0.25) is 38.3 Å². The molecule has 6 nitrogen and oxygen atoms in total. The summed E-state index contributed by atoms with van der Waals surface area (Å²) in [6.45, 7) is 17.4. The summed E-state index contributed by atoms with van der Waals surface area (Å²) in [5.74, 6) is 8.15. The first-order valence-corrected chi connectivity index (χ1v) is 19.2. The maximum atomic E-state index is 10.2. The summed E-state index contributed by atoms with van der Waals surface area (Å²) >= 11 is 0. The van der Waals surface area contributed by atoms with Gasteiger partial charge in [-0.2, -0.15) is 0 Å². The van der Waals surface area contributed by atoms with E-state index in [4.69, 9.17) is 0 Å². The fourth-order valence-electron chi connectivity index (χ4n) is 3.51. The van der Waals surface area contributed by atoms with Crippen molar-refractivity contribution in [3.63, 3.8) is 0 Å². The molecule has 0 bridgehead atoms. The first-order chi connectivity index (χ1) is 16.8. The zero-order chi connectivity index (χ0) is 26.9. The number of rotatable bonds is 9. The highest BCUT2D eigenvalue weighted by molar-refractivity contribution is 6.90. The Bertz CT molecular complexity index is 1000. The van der Waals surface area contributed by atoms with Gasteiger partial charge in [0, 0.05) is 35.9 Å². The molecule has 2 aromatic heterocycles. The minimum absolute atomic E-state index is 0.408. The van der Waals surface area contributed by atoms with Gasteiger partial charge in [-0.25, -0.2) is 19.9 Å². The van der Waals surface area contributed by atoms with Crippen LogP contribution in [0.1, 0.15) is 75.5 Å². The quantitative estimate of drug-likeness (QED) is 0.342. The van der Waals surface area contributed by atoms with Crippen molar-refractivity contribution < 1.29 is 10.2 Å². The highest BCUT2D eigenvalue weighted by Crippen LogP contribution is 2.22. The summed E-state index contributed by atoms with van der Waals surface area (Å²) in [5.41, 5.74) is 8.40. The van der Waals surface area contributed by atoms with Gasteiger partial charge in [-0.1, -0.05) is 53.9 Å². The van der Waals surface area contributed by atoms with Crippen LogP contribution >= 0.6 is 0 Å². The Morgan fingerprint density at radius 3 is 1.22 bits per heavy atom. The van der Waals surface area contributed by atoms with E-state index >= 15 is 0 Å². The molecule has 0 radical (unpaired) electrons. The molecule has 36 heavy (non-hydrogen) atoms. The number of aliphatic hydroxyl groups excluding tert-OH is 2. The number of aliphatic hydroxyl groups is 2. The lowest BCUT2D eigenvalue weighted by Gasteiger charge is -2.20. The summed E-state index contributed by atoms with van der Waals surface area (Å²) in [7, 11) is -3.56. The molecule has 0 unspecified atom stereocenters. The minimum atomic E-state index is -1.78. The van der Waals surface area contributed by atoms with Gasteiger partial charge in [0.15, 0.2) is 0 Å². The molecule has 0 aliphatic carbocycles. The number of nitrogens with zero attached hydrogens (tertiary/aromatic N) is 4. The van der Waals surface area contributed by atoms with E-state index in [1.54, 1.807) is 24.8 Å². The van der Waals surface area contributed by atoms with Crippen molar-refractivity contribution in [3.8, 4) is 22.9 Å². The van der Waals surface area contributed by atoms with Gasteiger partial charge >= 0.3 is 0 Å². The van der Waals surface area contributed by atoms with Crippen LogP contribution in [0.4, 0.5) is 0 Å². The summed E-state index contributed by atoms with van der Waals surface area (Å²) in [6, 6.07) is 2.11. The molecule has 2 atom stereocenters. The summed E-state index contributed by atoms with van der Waals surface area (Å²) < 4.78 is 0. The first-order valence-electron chi connectivity index (χ1n) is 12.8. The highest BCUT2D eigenvalue weighted by atomic mass is 28.3. The third-order valence-corrected chi connectivity index (χ3v) is 11.0. The predicted molar refractivity (Wildman–Crippen MR) is 151 cm³/mol. The molecule has 0 saturated heterocycles. The van der Waals surface area contributed by atoms with E-state index in [0.717, 1.165) is 23.2 Å². The summed E-state index contributed by atoms with van der Waals surface area (Å²) in [4.78, 5) is 17.4. The zero-order valence-electron chi connectivity index (χ0n) is 23.1. The zero-order valence-corrected chi connectivity index (χ0v) is 25.1. The number of aromatic nitrogens is 4. The summed E-state index contributed by atoms with van der Waals surface area (Å²) in [6.07, 6.45) is 7.05. The Kier molecular flexibility index (Phi) is 11.0. The van der Waals surface area contributed by atoms with Crippen LogP contribution in [0.3, 0.4) is 0 Å². The van der Waals surface area contributed by atoms with Gasteiger partial charge in [-0.15, -0.1) is 11.1 Å². The Balaban J connectivity index is 1.96. The fourth-order valence-corrected chi connectivity index (χ4v) is 9.67. The van der Waals surface area contributed by atoms with Gasteiger partial charge in [0.2, 0.25) is 11.6 Å². The standard InChI is InChI=1S/C28H42N4O2Si2/c1-21(2)15-25(33)23-17-29-27(30-18-23)9-11-35(5,6)13-14-36(7,8)12-10-28-31-19-24(20-32-28)26(34)16-22(3)4/h17-22,25-26,33-34H,13-16H2,1-8H3/t25-,26-/m0/s1. The average molecular weight is 523 g/mol. The lowest BCUT2D eigenvalue weighted by Crippen LogP contribution is -2.30. The topological polar surface area (TPSA) is 92.0 Å². The number of hydrogen-bond donors (Lipinski definition) is 2. The second-order valence-electron chi connectivity index (χ2n) is 11.7. The van der Waals surface area contributed by atoms with Crippen molar-refractivity contribution in [3.05, 3.63) is 47.6 Å². The molecule has 8 heteroatoms. The largest absolute Gasteiger partial charge is 0.388 e. The van der Waals surface area contributed by atoms with E-state index in [1.165, 1.54) is 0 Å². The number of hydrogen-bond acceptors (Lipinski definition) is 6. The Labute approximate surface area is 219 Å². The second kappa shape index (κ2) is 13.3. The van der Waals surface area contributed by atoms with Crippen molar-refractivity contribution in [2.24, 2.45) is 11.8 Å². The van der Waals surface area contributed by atoms with E-state index in [0.29, 0.717) is 36.3 Å². The molecule has 0 aromatic carbocycles. The minimum Gasteiger partial charge on any atom is -0.388 e. The average Bonchev–Trinajstić information content (AvgIpc) is 2.80. The van der Waals surface area contributed by atoms with Crippen molar-refractivity contribution in [1.82, 2.24) is 19.9 Å². The molecule has 2 heterocycles. The Hall–Kier alpha value is -2.37. The molecule has 0 saturated carbocycles. The molecule has 0 spiro atoms. The van der Waals surface area contributed by atoms with Crippen LogP contribution < -0.4 is 0 Å². The van der Waals surface area contributed by atoms with Crippen molar-refractivity contribution >= 4 is 16.1 Å². The monoisotopic (exact) mass is 522 g/mol. The van der Waals surface area contributed by atoms with Crippen molar-refractivity contribution in [2.75, 3.05) is 0 Å². The summed E-state index contributed by atoms with van der Waals surface area (Å²) in [5, 5.41) is 20.5. The highest BCUT2D eigenvalue weighted by Gasteiger charge is 2.25. The Morgan fingerprint density at radius 1 is 0.639 bits per heavy atom. The smallest absolute Gasteiger partial charge is 0.204 e. The third kappa shape index (κ3) is 10.7. The molecule has 0 amide bonds. The van der Waals surface area contributed by atoms with Crippen LogP contribution in [0.25, 0.3) is 0 Å². The Morgan fingerprint density at radius 2 is 0.944 bits per heavy atom. The van der Waals surface area contributed by atoms with E-state index in [9.17, 15) is 10.2 Å². The molecule has 2 N–H and O–H groups in total. The van der Waals surface area contributed by atoms with Crippen LogP contribution in [-0.2, 0) is 0 Å². The third-order valence-electron chi connectivity index (χ3n) is 5.90. The van der Waals surface area contributed by atoms with Gasteiger partial charge in [0.1, 0.15) is 16.1 Å². The van der Waals surface area contributed by atoms with E-state index < -0.39 is 28.4 Å². The van der Waals surface area contributed by atoms with Crippen molar-refractivity contribution in [1.29, 1.82) is 0 Å². The molecule has 2 aromatic rings. The van der Waals surface area contributed by atoms with Gasteiger partial charge in [-0.05, 0) is 48.6 Å². The van der Waals surface area contributed by atoms with Gasteiger partial charge in [0.25, 0.3) is 0 Å². The van der Waals surface area contributed by atoms with Crippen LogP contribution in [0.15, 0.2) is 24.8 Å². The molecule has 0 fully saturated rings. The lowest BCUT2D eigenvalue weighted by molar-refractivity contribution is 0.150. The van der Waals surface area contributed by atoms with Crippen LogP contribution in [0, 0.1) is 34.8 Å². The van der Waals surface area contributed by atoms with E-state index in [2.05, 4.69) is 96.7 Å². The maximum Gasteiger partial charge on any atom is 0.204 e. The van der Waals surface area contributed by atoms with Gasteiger partial charge in [0.05, 0.1) is 12.2 Å². The van der Waals surface area contributed by atoms with Crippen LogP contribution in [0.5, 0.6) is 0 Å². The predicted octanol–water partition coefficient (Wildman–Crippen LogP) is 5.32. The second-order valence-corrected chi connectivity index (χ2v) is 20.8. The molecule has 0 aliphatic rings. The van der Waals surface area contributed by atoms with Crippen molar-refractivity contribution in [2.45, 2.75) is 91.0 Å². The van der Waals surface area contributed by atoms with Gasteiger partial charge in [-0.3, -0.25) is 0 Å². The van der Waals surface area contributed by atoms with E-state index in [1.807, 2.05) is 0 Å². The lowest BCUT2D eigenvalue weighted by atomic mass is 10.0. The molecule has 2 rings (SSSR count). The SMILES string of the molecule is CC(C)C[C@H](O)c1cnc(C#C[Si](C)(C)CC[Si](C)(C)C#Cc2ncc([C@@H](O)CC(C)C)cn2)nc1. The fraction of sp³-hybridized carbons (Fsp3) is 0.571. The maximum absolute atomic E-state index is 10.2. The normalized spacial score (nSPS) is 13.6. The van der Waals surface area contributed by atoms with Crippen LogP contribution in [-0.4, -0.2) is 46.3 Å². The first kappa shape index (κ1) is 29.9. The molecular formula is C28H42N4O2Si2. The molecule has 0 aliphatic heterocycles. The van der Waals surface area contributed by atoms with Gasteiger partial charge < -0.3 is 10.2 Å². The molecular weight excluding hydrogens is 481 g/mol.